The van der Waals surface area contributed by atoms with Crippen molar-refractivity contribution in [2.75, 3.05) is 25.9 Å². The zero-order chi connectivity index (χ0) is 12.8. The lowest BCUT2D eigenvalue weighted by Gasteiger charge is -2.14. The molecule has 0 unspecified atom stereocenters. The van der Waals surface area contributed by atoms with Gasteiger partial charge in [-0.25, -0.2) is 0 Å². The van der Waals surface area contributed by atoms with Crippen molar-refractivity contribution in [3.8, 4) is 0 Å². The number of rotatable bonds is 4. The van der Waals surface area contributed by atoms with E-state index in [1.165, 1.54) is 4.90 Å². The normalized spacial score (nSPS) is 9.76. The van der Waals surface area contributed by atoms with Crippen LogP contribution in [0.3, 0.4) is 0 Å². The van der Waals surface area contributed by atoms with Gasteiger partial charge >= 0.3 is 0 Å². The maximum Gasteiger partial charge on any atom is 0.253 e. The van der Waals surface area contributed by atoms with E-state index in [9.17, 15) is 9.59 Å². The van der Waals surface area contributed by atoms with E-state index in [1.54, 1.807) is 31.3 Å². The molecule has 0 fully saturated rings. The van der Waals surface area contributed by atoms with Gasteiger partial charge in [0.25, 0.3) is 5.91 Å². The molecule has 0 aliphatic heterocycles. The molecule has 1 rings (SSSR count). The highest BCUT2D eigenvalue weighted by atomic mass is 16.2. The van der Waals surface area contributed by atoms with Gasteiger partial charge in [0.2, 0.25) is 5.91 Å². The summed E-state index contributed by atoms with van der Waals surface area (Å²) in [5, 5.41) is 2.54. The molecular formula is C12H17N3O2. The highest BCUT2D eigenvalue weighted by molar-refractivity contribution is 6.00. The van der Waals surface area contributed by atoms with Gasteiger partial charge in [0.15, 0.2) is 0 Å². The van der Waals surface area contributed by atoms with Gasteiger partial charge in [0.05, 0.1) is 12.1 Å². The monoisotopic (exact) mass is 235 g/mol. The van der Waals surface area contributed by atoms with Crippen LogP contribution >= 0.6 is 0 Å². The number of nitrogen functional groups attached to an aromatic ring is 1. The molecule has 2 amide bonds. The van der Waals surface area contributed by atoms with Crippen LogP contribution in [0.15, 0.2) is 24.3 Å². The summed E-state index contributed by atoms with van der Waals surface area (Å²) in [5.41, 5.74) is 6.45. The van der Waals surface area contributed by atoms with Gasteiger partial charge < -0.3 is 16.0 Å². The summed E-state index contributed by atoms with van der Waals surface area (Å²) in [7, 11) is 1.69. The Kier molecular flexibility index (Phi) is 4.51. The number of nitrogens with zero attached hydrogens (tertiary/aromatic N) is 1. The van der Waals surface area contributed by atoms with Crippen molar-refractivity contribution in [3.05, 3.63) is 29.8 Å². The molecule has 3 N–H and O–H groups in total. The van der Waals surface area contributed by atoms with E-state index in [2.05, 4.69) is 5.32 Å². The molecule has 1 aromatic carbocycles. The molecule has 0 radical (unpaired) electrons. The van der Waals surface area contributed by atoms with E-state index < -0.39 is 0 Å². The van der Waals surface area contributed by atoms with E-state index in [0.29, 0.717) is 17.8 Å². The third-order valence-electron chi connectivity index (χ3n) is 2.51. The summed E-state index contributed by atoms with van der Waals surface area (Å²) >= 11 is 0. The largest absolute Gasteiger partial charge is 0.398 e. The summed E-state index contributed by atoms with van der Waals surface area (Å²) in [6, 6.07) is 6.75. The Morgan fingerprint density at radius 2 is 2.00 bits per heavy atom. The number of amides is 2. The molecule has 92 valence electrons. The quantitative estimate of drug-likeness (QED) is 0.745. The third kappa shape index (κ3) is 3.48. The lowest BCUT2D eigenvalue weighted by Crippen LogP contribution is -2.38. The predicted octanol–water partition coefficient (Wildman–Crippen LogP) is 0.477. The molecule has 0 atom stereocenters. The Morgan fingerprint density at radius 1 is 1.35 bits per heavy atom. The Bertz CT molecular complexity index is 418. The molecule has 0 saturated carbocycles. The van der Waals surface area contributed by atoms with Crippen LogP contribution in [0.1, 0.15) is 17.3 Å². The van der Waals surface area contributed by atoms with Crippen molar-refractivity contribution in [2.45, 2.75) is 6.92 Å². The summed E-state index contributed by atoms with van der Waals surface area (Å²) in [6.07, 6.45) is 0. The van der Waals surface area contributed by atoms with Crippen LogP contribution in [0.4, 0.5) is 5.69 Å². The lowest BCUT2D eigenvalue weighted by molar-refractivity contribution is -0.128. The predicted molar refractivity (Wildman–Crippen MR) is 66.5 cm³/mol. The average molecular weight is 235 g/mol. The Morgan fingerprint density at radius 3 is 2.59 bits per heavy atom. The Hall–Kier alpha value is -2.04. The van der Waals surface area contributed by atoms with Crippen LogP contribution in [0.5, 0.6) is 0 Å². The van der Waals surface area contributed by atoms with Gasteiger partial charge in [0, 0.05) is 19.3 Å². The highest BCUT2D eigenvalue weighted by Crippen LogP contribution is 2.09. The van der Waals surface area contributed by atoms with Crippen LogP contribution in [0, 0.1) is 0 Å². The van der Waals surface area contributed by atoms with Crippen molar-refractivity contribution in [2.24, 2.45) is 0 Å². The smallest absolute Gasteiger partial charge is 0.253 e. The fourth-order valence-electron chi connectivity index (χ4n) is 1.27. The van der Waals surface area contributed by atoms with Crippen molar-refractivity contribution in [3.63, 3.8) is 0 Å². The maximum absolute atomic E-state index is 11.7. The van der Waals surface area contributed by atoms with E-state index >= 15 is 0 Å². The second kappa shape index (κ2) is 5.89. The Balaban J connectivity index is 2.57. The minimum absolute atomic E-state index is 0.0164. The van der Waals surface area contributed by atoms with Crippen molar-refractivity contribution in [1.29, 1.82) is 0 Å². The van der Waals surface area contributed by atoms with E-state index in [0.717, 1.165) is 0 Å². The maximum atomic E-state index is 11.7. The number of anilines is 1. The number of nitrogens with two attached hydrogens (primary N) is 1. The van der Waals surface area contributed by atoms with Crippen LogP contribution in [0.25, 0.3) is 0 Å². The number of hydrogen-bond acceptors (Lipinski definition) is 3. The molecule has 0 aromatic heterocycles. The highest BCUT2D eigenvalue weighted by Gasteiger charge is 2.11. The fourth-order valence-corrected chi connectivity index (χ4v) is 1.27. The SMILES string of the molecule is CCN(C)C(=O)CNC(=O)c1ccccc1N. The van der Waals surface area contributed by atoms with Crippen LogP contribution < -0.4 is 11.1 Å². The van der Waals surface area contributed by atoms with E-state index in [-0.39, 0.29) is 18.4 Å². The molecule has 5 nitrogen and oxygen atoms in total. The van der Waals surface area contributed by atoms with Crippen LogP contribution in [0.2, 0.25) is 0 Å². The first kappa shape index (κ1) is 13.0. The molecule has 5 heteroatoms. The molecule has 0 aliphatic carbocycles. The number of likely N-dealkylation sites (N-methyl/N-ethyl adjacent to an activating group) is 1. The van der Waals surface area contributed by atoms with Crippen LogP contribution in [-0.4, -0.2) is 36.9 Å². The molecule has 17 heavy (non-hydrogen) atoms. The minimum atomic E-state index is -0.332. The topological polar surface area (TPSA) is 75.4 Å². The summed E-state index contributed by atoms with van der Waals surface area (Å²) < 4.78 is 0. The standard InChI is InChI=1S/C12H17N3O2/c1-3-15(2)11(16)8-14-12(17)9-6-4-5-7-10(9)13/h4-7H,3,8,13H2,1-2H3,(H,14,17). The molecule has 1 aromatic rings. The zero-order valence-corrected chi connectivity index (χ0v) is 10.1. The van der Waals surface area contributed by atoms with Gasteiger partial charge in [0.1, 0.15) is 0 Å². The lowest BCUT2D eigenvalue weighted by atomic mass is 10.1. The molecular weight excluding hydrogens is 218 g/mol. The average Bonchev–Trinajstić information content (AvgIpc) is 2.35. The molecule has 0 saturated heterocycles. The summed E-state index contributed by atoms with van der Waals surface area (Å²) in [6.45, 7) is 2.47. The number of carbonyl (C=O) groups is 2. The second-order valence-corrected chi connectivity index (χ2v) is 3.68. The van der Waals surface area contributed by atoms with Gasteiger partial charge in [-0.05, 0) is 19.1 Å². The van der Waals surface area contributed by atoms with E-state index in [4.69, 9.17) is 5.73 Å². The zero-order valence-electron chi connectivity index (χ0n) is 10.1. The van der Waals surface area contributed by atoms with Gasteiger partial charge in [-0.1, -0.05) is 12.1 Å². The number of nitrogens with one attached hydrogen (secondary N) is 1. The molecule has 0 heterocycles. The number of carbonyl (C=O) groups excluding carboxylic acids is 2. The first-order valence-corrected chi connectivity index (χ1v) is 5.43. The molecule has 0 aliphatic rings. The van der Waals surface area contributed by atoms with Crippen molar-refractivity contribution < 1.29 is 9.59 Å². The summed E-state index contributed by atoms with van der Waals surface area (Å²) in [5.74, 6) is -0.462. The number of benzene rings is 1. The minimum Gasteiger partial charge on any atom is -0.398 e. The van der Waals surface area contributed by atoms with Gasteiger partial charge in [-0.3, -0.25) is 9.59 Å². The van der Waals surface area contributed by atoms with Crippen molar-refractivity contribution in [1.82, 2.24) is 10.2 Å². The van der Waals surface area contributed by atoms with Gasteiger partial charge in [-0.15, -0.1) is 0 Å². The van der Waals surface area contributed by atoms with E-state index in [1.807, 2.05) is 6.92 Å². The molecule has 0 bridgehead atoms. The second-order valence-electron chi connectivity index (χ2n) is 3.68. The number of hydrogen-bond donors (Lipinski definition) is 2. The van der Waals surface area contributed by atoms with Crippen LogP contribution in [-0.2, 0) is 4.79 Å². The first-order chi connectivity index (χ1) is 8.06. The van der Waals surface area contributed by atoms with Crippen molar-refractivity contribution >= 4 is 17.5 Å². The third-order valence-corrected chi connectivity index (χ3v) is 2.51. The Labute approximate surface area is 101 Å². The number of para-hydroxylation sites is 1. The van der Waals surface area contributed by atoms with Gasteiger partial charge in [-0.2, -0.15) is 0 Å². The summed E-state index contributed by atoms with van der Waals surface area (Å²) in [4.78, 5) is 24.7. The first-order valence-electron chi connectivity index (χ1n) is 5.43. The fraction of sp³-hybridized carbons (Fsp3) is 0.333. The molecule has 0 spiro atoms.